The normalized spacial score (nSPS) is 10.1. The molecule has 0 heterocycles. The van der Waals surface area contributed by atoms with Crippen molar-refractivity contribution in [1.82, 2.24) is 0 Å². The number of hydrogen-bond donors (Lipinski definition) is 0. The number of non-ortho nitro benzene ring substituents is 1. The first kappa shape index (κ1) is 10.4. The first-order chi connectivity index (χ1) is 6.06. The van der Waals surface area contributed by atoms with Crippen molar-refractivity contribution in [3.8, 4) is 0 Å². The fraction of sp³-hybridized carbons (Fsp3) is 0.143. The first-order valence-corrected chi connectivity index (χ1v) is 4.57. The molecule has 0 radical (unpaired) electrons. The Balaban J connectivity index is 3.30. The lowest BCUT2D eigenvalue weighted by Crippen LogP contribution is -1.93. The third-order valence-corrected chi connectivity index (χ3v) is 2.31. The summed E-state index contributed by atoms with van der Waals surface area (Å²) in [4.78, 5) is 9.75. The number of nitrogens with zero attached hydrogens (tertiary/aromatic N) is 1. The van der Waals surface area contributed by atoms with Crippen LogP contribution >= 0.6 is 27.5 Å². The minimum absolute atomic E-state index is 0.0531. The number of nitro benzene ring substituents is 1. The molecule has 3 nitrogen and oxygen atoms in total. The lowest BCUT2D eigenvalue weighted by Gasteiger charge is -2.00. The number of alkyl halides is 1. The van der Waals surface area contributed by atoms with Gasteiger partial charge in [0.15, 0.2) is 0 Å². The Morgan fingerprint density at radius 2 is 2.23 bits per heavy atom. The molecule has 0 aromatic heterocycles. The van der Waals surface area contributed by atoms with Crippen molar-refractivity contribution in [2.45, 2.75) is 5.88 Å². The standard InChI is InChI=1S/C7H4BrClFNO2/c8-6-2-5(11(12)13)1-4(3-9)7(6)10/h1-2H,3H2. The molecule has 6 heteroatoms. The highest BCUT2D eigenvalue weighted by molar-refractivity contribution is 9.10. The van der Waals surface area contributed by atoms with E-state index in [0.717, 1.165) is 12.1 Å². The summed E-state index contributed by atoms with van der Waals surface area (Å²) in [6, 6.07) is 2.22. The van der Waals surface area contributed by atoms with Crippen molar-refractivity contribution >= 4 is 33.2 Å². The Morgan fingerprint density at radius 1 is 1.62 bits per heavy atom. The summed E-state index contributed by atoms with van der Waals surface area (Å²) in [5.41, 5.74) is -0.0633. The molecule has 0 aliphatic heterocycles. The van der Waals surface area contributed by atoms with Crippen LogP contribution in [0.5, 0.6) is 0 Å². The number of nitro groups is 1. The fourth-order valence-corrected chi connectivity index (χ4v) is 1.52. The second-order valence-corrected chi connectivity index (χ2v) is 3.41. The molecular weight excluding hydrogens is 264 g/mol. The summed E-state index contributed by atoms with van der Waals surface area (Å²) in [5.74, 6) is -0.646. The van der Waals surface area contributed by atoms with Crippen LogP contribution in [0.15, 0.2) is 16.6 Å². The molecule has 0 amide bonds. The van der Waals surface area contributed by atoms with Crippen LogP contribution in [0, 0.1) is 15.9 Å². The minimum atomic E-state index is -0.597. The number of hydrogen-bond acceptors (Lipinski definition) is 2. The monoisotopic (exact) mass is 267 g/mol. The maximum atomic E-state index is 13.1. The van der Waals surface area contributed by atoms with Gasteiger partial charge in [0.05, 0.1) is 15.3 Å². The van der Waals surface area contributed by atoms with Crippen LogP contribution in [-0.4, -0.2) is 4.92 Å². The van der Waals surface area contributed by atoms with Gasteiger partial charge in [-0.1, -0.05) is 0 Å². The van der Waals surface area contributed by atoms with E-state index in [1.54, 1.807) is 0 Å². The van der Waals surface area contributed by atoms with Crippen LogP contribution in [0.2, 0.25) is 0 Å². The summed E-state index contributed by atoms with van der Waals surface area (Å²) in [6.45, 7) is 0. The van der Waals surface area contributed by atoms with Crippen LogP contribution in [0.25, 0.3) is 0 Å². The zero-order valence-electron chi connectivity index (χ0n) is 6.26. The van der Waals surface area contributed by atoms with Crippen molar-refractivity contribution in [2.75, 3.05) is 0 Å². The predicted octanol–water partition coefficient (Wildman–Crippen LogP) is 3.24. The molecule has 0 aliphatic rings. The smallest absolute Gasteiger partial charge is 0.258 e. The second kappa shape index (κ2) is 4.02. The third-order valence-electron chi connectivity index (χ3n) is 1.44. The molecule has 0 spiro atoms. The van der Waals surface area contributed by atoms with Gasteiger partial charge in [-0.2, -0.15) is 0 Å². The Kier molecular flexibility index (Phi) is 3.22. The summed E-state index contributed by atoms with van der Waals surface area (Å²) in [6.07, 6.45) is 0. The van der Waals surface area contributed by atoms with E-state index in [2.05, 4.69) is 15.9 Å². The maximum Gasteiger partial charge on any atom is 0.271 e. The lowest BCUT2D eigenvalue weighted by atomic mass is 10.2. The summed E-state index contributed by atoms with van der Waals surface area (Å²) < 4.78 is 13.1. The molecule has 0 saturated heterocycles. The number of benzene rings is 1. The minimum Gasteiger partial charge on any atom is -0.258 e. The Hall–Kier alpha value is -0.680. The molecule has 13 heavy (non-hydrogen) atoms. The van der Waals surface area contributed by atoms with E-state index in [-0.39, 0.29) is 21.6 Å². The highest BCUT2D eigenvalue weighted by atomic mass is 79.9. The molecule has 0 unspecified atom stereocenters. The van der Waals surface area contributed by atoms with Crippen molar-refractivity contribution < 1.29 is 9.31 Å². The van der Waals surface area contributed by atoms with Crippen LogP contribution in [-0.2, 0) is 5.88 Å². The lowest BCUT2D eigenvalue weighted by molar-refractivity contribution is -0.385. The Bertz CT molecular complexity index is 359. The van der Waals surface area contributed by atoms with E-state index in [1.165, 1.54) is 0 Å². The first-order valence-electron chi connectivity index (χ1n) is 3.24. The molecule has 0 N–H and O–H groups in total. The van der Waals surface area contributed by atoms with Crippen LogP contribution in [0.4, 0.5) is 10.1 Å². The van der Waals surface area contributed by atoms with E-state index >= 15 is 0 Å². The maximum absolute atomic E-state index is 13.1. The highest BCUT2D eigenvalue weighted by Gasteiger charge is 2.14. The van der Waals surface area contributed by atoms with Gasteiger partial charge in [-0.05, 0) is 15.9 Å². The van der Waals surface area contributed by atoms with E-state index in [0.29, 0.717) is 0 Å². The van der Waals surface area contributed by atoms with E-state index in [9.17, 15) is 14.5 Å². The molecule has 0 aliphatic carbocycles. The predicted molar refractivity (Wildman–Crippen MR) is 50.3 cm³/mol. The van der Waals surface area contributed by atoms with Crippen LogP contribution < -0.4 is 0 Å². The summed E-state index contributed by atoms with van der Waals surface area (Å²) in [5, 5.41) is 10.4. The Labute approximate surface area is 86.8 Å². The molecule has 70 valence electrons. The van der Waals surface area contributed by atoms with Gasteiger partial charge in [-0.25, -0.2) is 4.39 Å². The van der Waals surface area contributed by atoms with Gasteiger partial charge in [0.25, 0.3) is 5.69 Å². The average molecular weight is 268 g/mol. The van der Waals surface area contributed by atoms with Crippen molar-refractivity contribution in [1.29, 1.82) is 0 Å². The number of halogens is 3. The van der Waals surface area contributed by atoms with E-state index in [1.807, 2.05) is 0 Å². The Morgan fingerprint density at radius 3 is 2.69 bits per heavy atom. The molecule has 1 aromatic rings. The summed E-state index contributed by atoms with van der Waals surface area (Å²) in [7, 11) is 0. The third kappa shape index (κ3) is 2.16. The van der Waals surface area contributed by atoms with E-state index < -0.39 is 10.7 Å². The number of rotatable bonds is 2. The van der Waals surface area contributed by atoms with Gasteiger partial charge in [0, 0.05) is 17.7 Å². The van der Waals surface area contributed by atoms with Gasteiger partial charge in [0.1, 0.15) is 5.82 Å². The van der Waals surface area contributed by atoms with Gasteiger partial charge in [-0.15, -0.1) is 11.6 Å². The average Bonchev–Trinajstić information content (AvgIpc) is 2.09. The van der Waals surface area contributed by atoms with Gasteiger partial charge in [-0.3, -0.25) is 10.1 Å². The van der Waals surface area contributed by atoms with Crippen LogP contribution in [0.3, 0.4) is 0 Å². The van der Waals surface area contributed by atoms with Crippen molar-refractivity contribution in [3.05, 3.63) is 38.1 Å². The molecular formula is C7H4BrClFNO2. The topological polar surface area (TPSA) is 43.1 Å². The van der Waals surface area contributed by atoms with E-state index in [4.69, 9.17) is 11.6 Å². The zero-order valence-corrected chi connectivity index (χ0v) is 8.60. The summed E-state index contributed by atoms with van der Waals surface area (Å²) >= 11 is 8.27. The molecule has 1 rings (SSSR count). The second-order valence-electron chi connectivity index (χ2n) is 2.29. The molecule has 0 fully saturated rings. The fourth-order valence-electron chi connectivity index (χ4n) is 0.833. The molecule has 0 atom stereocenters. The van der Waals surface area contributed by atoms with Crippen molar-refractivity contribution in [2.24, 2.45) is 0 Å². The largest absolute Gasteiger partial charge is 0.271 e. The van der Waals surface area contributed by atoms with Gasteiger partial charge in [0.2, 0.25) is 0 Å². The highest BCUT2D eigenvalue weighted by Crippen LogP contribution is 2.26. The molecule has 0 saturated carbocycles. The zero-order chi connectivity index (χ0) is 10.0. The van der Waals surface area contributed by atoms with Gasteiger partial charge >= 0.3 is 0 Å². The van der Waals surface area contributed by atoms with Gasteiger partial charge < -0.3 is 0 Å². The molecule has 0 bridgehead atoms. The SMILES string of the molecule is O=[N+]([O-])c1cc(Br)c(F)c(CCl)c1. The molecule has 1 aromatic carbocycles. The quantitative estimate of drug-likeness (QED) is 0.469. The van der Waals surface area contributed by atoms with Crippen LogP contribution in [0.1, 0.15) is 5.56 Å². The van der Waals surface area contributed by atoms with Crippen molar-refractivity contribution in [3.63, 3.8) is 0 Å².